The minimum absolute atomic E-state index is 0.473. The van der Waals surface area contributed by atoms with Gasteiger partial charge in [0.2, 0.25) is 0 Å². The summed E-state index contributed by atoms with van der Waals surface area (Å²) in [6, 6.07) is 19.4. The molecule has 0 amide bonds. The van der Waals surface area contributed by atoms with E-state index in [0.29, 0.717) is 0 Å². The van der Waals surface area contributed by atoms with Crippen LogP contribution in [0.4, 0.5) is 0 Å². The van der Waals surface area contributed by atoms with Gasteiger partial charge in [-0.3, -0.25) is 0 Å². The van der Waals surface area contributed by atoms with Gasteiger partial charge in [-0.05, 0) is 30.8 Å². The lowest BCUT2D eigenvalue weighted by molar-refractivity contribution is -0.156. The molecule has 1 heterocycles. The summed E-state index contributed by atoms with van der Waals surface area (Å²) in [6.07, 6.45) is 1.52. The molecule has 23 heavy (non-hydrogen) atoms. The molecule has 1 N–H and O–H groups in total. The van der Waals surface area contributed by atoms with Crippen molar-refractivity contribution < 1.29 is 9.53 Å². The fourth-order valence-corrected chi connectivity index (χ4v) is 2.87. The number of nitrogens with one attached hydrogen (secondary N) is 1. The van der Waals surface area contributed by atoms with Gasteiger partial charge in [-0.25, -0.2) is 4.79 Å². The lowest BCUT2D eigenvalue weighted by Crippen LogP contribution is -2.43. The van der Waals surface area contributed by atoms with Gasteiger partial charge in [0.1, 0.15) is 5.60 Å². The average Bonchev–Trinajstić information content (AvgIpc) is 2.62. The van der Waals surface area contributed by atoms with E-state index < -0.39 is 11.6 Å². The molecular formula is C20H19NO2. The Morgan fingerprint density at radius 1 is 0.957 bits per heavy atom. The molecule has 0 bridgehead atoms. The highest BCUT2D eigenvalue weighted by Crippen LogP contribution is 2.34. The van der Waals surface area contributed by atoms with E-state index in [9.17, 15) is 4.79 Å². The number of carbonyl (C=O) groups excluding carboxylic acids is 1. The minimum Gasteiger partial charge on any atom is -0.444 e. The van der Waals surface area contributed by atoms with Crippen LogP contribution in [0.5, 0.6) is 0 Å². The quantitative estimate of drug-likeness (QED) is 0.685. The normalized spacial score (nSPS) is 16.0. The fraction of sp³-hybridized carbons (Fsp3) is 0.250. The van der Waals surface area contributed by atoms with Gasteiger partial charge in [-0.1, -0.05) is 54.5 Å². The zero-order chi connectivity index (χ0) is 16.0. The third-order valence-corrected chi connectivity index (χ3v) is 4.08. The van der Waals surface area contributed by atoms with E-state index in [0.717, 1.165) is 37.1 Å². The van der Waals surface area contributed by atoms with Crippen LogP contribution in [-0.2, 0) is 15.1 Å². The van der Waals surface area contributed by atoms with Crippen LogP contribution in [0.25, 0.3) is 0 Å². The van der Waals surface area contributed by atoms with E-state index >= 15 is 0 Å². The predicted molar refractivity (Wildman–Crippen MR) is 89.6 cm³/mol. The van der Waals surface area contributed by atoms with Crippen molar-refractivity contribution in [3.8, 4) is 11.8 Å². The molecule has 1 aliphatic heterocycles. The average molecular weight is 305 g/mol. The van der Waals surface area contributed by atoms with Crippen LogP contribution in [0.3, 0.4) is 0 Å². The number of benzene rings is 2. The summed E-state index contributed by atoms with van der Waals surface area (Å²) in [5, 5.41) is 3.31. The van der Waals surface area contributed by atoms with Gasteiger partial charge in [0, 0.05) is 24.3 Å². The van der Waals surface area contributed by atoms with Gasteiger partial charge in [-0.2, -0.15) is 0 Å². The third-order valence-electron chi connectivity index (χ3n) is 4.08. The van der Waals surface area contributed by atoms with Crippen molar-refractivity contribution in [3.05, 3.63) is 71.8 Å². The third kappa shape index (κ3) is 3.80. The molecule has 0 saturated carbocycles. The van der Waals surface area contributed by atoms with Gasteiger partial charge in [0.15, 0.2) is 0 Å². The molecule has 0 radical (unpaired) electrons. The molecule has 1 aliphatic rings. The zero-order valence-electron chi connectivity index (χ0n) is 12.9. The molecule has 3 nitrogen and oxygen atoms in total. The Morgan fingerprint density at radius 3 is 2.22 bits per heavy atom. The Kier molecular flexibility index (Phi) is 4.75. The molecule has 0 atom stereocenters. The van der Waals surface area contributed by atoms with E-state index in [-0.39, 0.29) is 0 Å². The number of ether oxygens (including phenoxy) is 1. The van der Waals surface area contributed by atoms with Crippen molar-refractivity contribution in [2.24, 2.45) is 0 Å². The maximum Gasteiger partial charge on any atom is 0.385 e. The van der Waals surface area contributed by atoms with Crippen molar-refractivity contribution >= 4 is 5.97 Å². The molecule has 0 spiro atoms. The van der Waals surface area contributed by atoms with E-state index in [1.807, 2.05) is 60.7 Å². The van der Waals surface area contributed by atoms with Crippen LogP contribution < -0.4 is 5.32 Å². The molecule has 2 aromatic carbocycles. The van der Waals surface area contributed by atoms with Crippen LogP contribution in [0.1, 0.15) is 24.0 Å². The highest BCUT2D eigenvalue weighted by atomic mass is 16.6. The molecule has 2 aromatic rings. The molecule has 3 rings (SSSR count). The second kappa shape index (κ2) is 7.13. The highest BCUT2D eigenvalue weighted by Gasteiger charge is 2.37. The SMILES string of the molecule is O=C(C#Cc1ccccc1)OC1(c2ccccc2)CCNCC1. The summed E-state index contributed by atoms with van der Waals surface area (Å²) < 4.78 is 5.83. The number of rotatable bonds is 2. The summed E-state index contributed by atoms with van der Waals surface area (Å²) in [5.74, 6) is 5.00. The first-order chi connectivity index (χ1) is 11.3. The number of hydrogen-bond acceptors (Lipinski definition) is 3. The van der Waals surface area contributed by atoms with E-state index in [4.69, 9.17) is 4.74 Å². The lowest BCUT2D eigenvalue weighted by atomic mass is 9.85. The van der Waals surface area contributed by atoms with Crippen molar-refractivity contribution in [1.82, 2.24) is 5.32 Å². The van der Waals surface area contributed by atoms with Crippen LogP contribution in [-0.4, -0.2) is 19.1 Å². The van der Waals surface area contributed by atoms with Crippen molar-refractivity contribution in [3.63, 3.8) is 0 Å². The largest absolute Gasteiger partial charge is 0.444 e. The second-order valence-electron chi connectivity index (χ2n) is 5.62. The maximum atomic E-state index is 12.2. The maximum absolute atomic E-state index is 12.2. The molecular weight excluding hydrogens is 286 g/mol. The summed E-state index contributed by atoms with van der Waals surface area (Å²) in [5.41, 5.74) is 1.27. The first-order valence-corrected chi connectivity index (χ1v) is 7.85. The topological polar surface area (TPSA) is 38.3 Å². The molecule has 116 valence electrons. The Labute approximate surface area is 136 Å². The van der Waals surface area contributed by atoms with E-state index in [1.54, 1.807) is 0 Å². The van der Waals surface area contributed by atoms with Crippen LogP contribution in [0, 0.1) is 11.8 Å². The standard InChI is InChI=1S/C20H19NO2/c22-19(12-11-17-7-3-1-4-8-17)23-20(13-15-21-16-14-20)18-9-5-2-6-10-18/h1-10,21H,13-16H2. The molecule has 1 saturated heterocycles. The summed E-state index contributed by atoms with van der Waals surface area (Å²) in [6.45, 7) is 1.66. The van der Waals surface area contributed by atoms with E-state index in [2.05, 4.69) is 17.2 Å². The van der Waals surface area contributed by atoms with Gasteiger partial charge in [0.05, 0.1) is 0 Å². The van der Waals surface area contributed by atoms with Crippen LogP contribution >= 0.6 is 0 Å². The molecule has 0 aromatic heterocycles. The predicted octanol–water partition coefficient (Wildman–Crippen LogP) is 2.86. The van der Waals surface area contributed by atoms with E-state index in [1.165, 1.54) is 0 Å². The fourth-order valence-electron chi connectivity index (χ4n) is 2.87. The highest BCUT2D eigenvalue weighted by molar-refractivity contribution is 5.89. The van der Waals surface area contributed by atoms with Crippen LogP contribution in [0.2, 0.25) is 0 Å². The lowest BCUT2D eigenvalue weighted by Gasteiger charge is -2.36. The number of carbonyl (C=O) groups is 1. The monoisotopic (exact) mass is 305 g/mol. The summed E-state index contributed by atoms with van der Waals surface area (Å²) in [7, 11) is 0. The Morgan fingerprint density at radius 2 is 1.57 bits per heavy atom. The second-order valence-corrected chi connectivity index (χ2v) is 5.62. The first kappa shape index (κ1) is 15.3. The molecule has 0 aliphatic carbocycles. The van der Waals surface area contributed by atoms with Crippen molar-refractivity contribution in [2.75, 3.05) is 13.1 Å². The van der Waals surface area contributed by atoms with Crippen molar-refractivity contribution in [1.29, 1.82) is 0 Å². The Hall–Kier alpha value is -2.57. The molecule has 0 unspecified atom stereocenters. The summed E-state index contributed by atoms with van der Waals surface area (Å²) in [4.78, 5) is 12.2. The van der Waals surface area contributed by atoms with Crippen LogP contribution in [0.15, 0.2) is 60.7 Å². The Bertz CT molecular complexity index is 708. The van der Waals surface area contributed by atoms with Gasteiger partial charge in [0.25, 0.3) is 0 Å². The molecule has 3 heteroatoms. The molecule has 1 fully saturated rings. The van der Waals surface area contributed by atoms with Gasteiger partial charge >= 0.3 is 5.97 Å². The number of esters is 1. The zero-order valence-corrected chi connectivity index (χ0v) is 12.9. The Balaban J connectivity index is 1.79. The number of piperidine rings is 1. The van der Waals surface area contributed by atoms with Gasteiger partial charge in [-0.15, -0.1) is 0 Å². The smallest absolute Gasteiger partial charge is 0.385 e. The number of hydrogen-bond donors (Lipinski definition) is 1. The van der Waals surface area contributed by atoms with Gasteiger partial charge < -0.3 is 10.1 Å². The first-order valence-electron chi connectivity index (χ1n) is 7.85. The summed E-state index contributed by atoms with van der Waals surface area (Å²) >= 11 is 0. The minimum atomic E-state index is -0.574. The van der Waals surface area contributed by atoms with Crippen molar-refractivity contribution in [2.45, 2.75) is 18.4 Å².